The molecule has 0 aliphatic heterocycles. The van der Waals surface area contributed by atoms with Crippen molar-refractivity contribution in [3.8, 4) is 0 Å². The molecule has 0 aromatic heterocycles. The Labute approximate surface area is 89.7 Å². The van der Waals surface area contributed by atoms with Crippen LogP contribution in [-0.4, -0.2) is 5.11 Å². The highest BCUT2D eigenvalue weighted by molar-refractivity contribution is 6.31. The minimum absolute atomic E-state index is 0.587. The highest BCUT2D eigenvalue weighted by atomic mass is 35.5. The van der Waals surface area contributed by atoms with Crippen molar-refractivity contribution in [3.63, 3.8) is 0 Å². The predicted octanol–water partition coefficient (Wildman–Crippen LogP) is 3.27. The summed E-state index contributed by atoms with van der Waals surface area (Å²) in [5.74, 6) is 0. The van der Waals surface area contributed by atoms with Gasteiger partial charge in [0, 0.05) is 5.02 Å². The minimum Gasteiger partial charge on any atom is -0.385 e. The van der Waals surface area contributed by atoms with E-state index >= 15 is 0 Å². The van der Waals surface area contributed by atoms with Gasteiger partial charge in [-0.25, -0.2) is 0 Å². The van der Waals surface area contributed by atoms with Crippen molar-refractivity contribution < 1.29 is 5.11 Å². The smallest absolute Gasteiger partial charge is 0.0899 e. The van der Waals surface area contributed by atoms with Gasteiger partial charge < -0.3 is 5.11 Å². The van der Waals surface area contributed by atoms with Crippen LogP contribution in [0.3, 0.4) is 0 Å². The van der Waals surface area contributed by atoms with E-state index in [0.29, 0.717) is 0 Å². The van der Waals surface area contributed by atoms with Gasteiger partial charge in [-0.3, -0.25) is 0 Å². The van der Waals surface area contributed by atoms with Crippen LogP contribution in [0.2, 0.25) is 5.02 Å². The van der Waals surface area contributed by atoms with Crippen molar-refractivity contribution in [1.29, 1.82) is 0 Å². The van der Waals surface area contributed by atoms with Gasteiger partial charge in [-0.05, 0) is 42.9 Å². The summed E-state index contributed by atoms with van der Waals surface area (Å²) in [5, 5.41) is 11.0. The Balaban J connectivity index is 2.46. The van der Waals surface area contributed by atoms with E-state index in [1.165, 1.54) is 0 Å². The SMILES string of the molecule is CCc1c(Cl)cccc1C1(O)CCC1. The number of halogens is 1. The molecular formula is C12H15ClO. The Bertz CT molecular complexity index is 342. The Morgan fingerprint density at radius 1 is 1.43 bits per heavy atom. The van der Waals surface area contributed by atoms with E-state index in [0.717, 1.165) is 41.8 Å². The van der Waals surface area contributed by atoms with Crippen LogP contribution in [0.4, 0.5) is 0 Å². The first-order valence-electron chi connectivity index (χ1n) is 5.17. The van der Waals surface area contributed by atoms with Crippen molar-refractivity contribution in [2.24, 2.45) is 0 Å². The lowest BCUT2D eigenvalue weighted by Crippen LogP contribution is -2.34. The summed E-state index contributed by atoms with van der Waals surface area (Å²) in [7, 11) is 0. The van der Waals surface area contributed by atoms with E-state index in [1.54, 1.807) is 0 Å². The van der Waals surface area contributed by atoms with Gasteiger partial charge in [0.15, 0.2) is 0 Å². The van der Waals surface area contributed by atoms with Crippen molar-refractivity contribution in [2.75, 3.05) is 0 Å². The summed E-state index contributed by atoms with van der Waals surface area (Å²) in [5.41, 5.74) is 1.56. The van der Waals surface area contributed by atoms with Crippen LogP contribution in [0.15, 0.2) is 18.2 Å². The van der Waals surface area contributed by atoms with Crippen molar-refractivity contribution in [1.82, 2.24) is 0 Å². The fourth-order valence-corrected chi connectivity index (χ4v) is 2.44. The van der Waals surface area contributed by atoms with E-state index in [2.05, 4.69) is 6.92 Å². The van der Waals surface area contributed by atoms with E-state index in [1.807, 2.05) is 18.2 Å². The molecule has 0 bridgehead atoms. The molecule has 0 spiro atoms. The molecule has 1 N–H and O–H groups in total. The molecule has 1 aromatic rings. The van der Waals surface area contributed by atoms with Crippen LogP contribution in [-0.2, 0) is 12.0 Å². The lowest BCUT2D eigenvalue weighted by Gasteiger charge is -2.38. The molecule has 1 aliphatic rings. The van der Waals surface area contributed by atoms with E-state index in [-0.39, 0.29) is 0 Å². The molecule has 2 rings (SSSR count). The molecule has 1 nitrogen and oxygen atoms in total. The quantitative estimate of drug-likeness (QED) is 0.795. The second-order valence-corrected chi connectivity index (χ2v) is 4.41. The van der Waals surface area contributed by atoms with Crippen LogP contribution in [0.1, 0.15) is 37.3 Å². The Hall–Kier alpha value is -0.530. The van der Waals surface area contributed by atoms with Gasteiger partial charge in [0.2, 0.25) is 0 Å². The Kier molecular flexibility index (Phi) is 2.54. The first-order chi connectivity index (χ1) is 6.67. The number of rotatable bonds is 2. The van der Waals surface area contributed by atoms with Gasteiger partial charge in [-0.1, -0.05) is 30.7 Å². The molecule has 1 aromatic carbocycles. The molecule has 1 saturated carbocycles. The van der Waals surface area contributed by atoms with Gasteiger partial charge in [-0.2, -0.15) is 0 Å². The first kappa shape index (κ1) is 10.0. The maximum Gasteiger partial charge on any atom is 0.0899 e. The van der Waals surface area contributed by atoms with Crippen LogP contribution >= 0.6 is 11.6 Å². The topological polar surface area (TPSA) is 20.2 Å². The molecule has 2 heteroatoms. The second kappa shape index (κ2) is 3.56. The van der Waals surface area contributed by atoms with Crippen LogP contribution in [0, 0.1) is 0 Å². The third-order valence-electron chi connectivity index (χ3n) is 3.15. The highest BCUT2D eigenvalue weighted by Crippen LogP contribution is 2.43. The van der Waals surface area contributed by atoms with Gasteiger partial charge in [0.05, 0.1) is 5.60 Å². The second-order valence-electron chi connectivity index (χ2n) is 4.00. The standard InChI is InChI=1S/C12H15ClO/c1-2-9-10(5-3-6-11(9)13)12(14)7-4-8-12/h3,5-6,14H,2,4,7-8H2,1H3. The van der Waals surface area contributed by atoms with E-state index in [9.17, 15) is 5.11 Å². The highest BCUT2D eigenvalue weighted by Gasteiger charge is 2.37. The molecule has 14 heavy (non-hydrogen) atoms. The number of aliphatic hydroxyl groups is 1. The van der Waals surface area contributed by atoms with E-state index in [4.69, 9.17) is 11.6 Å². The van der Waals surface area contributed by atoms with Crippen LogP contribution < -0.4 is 0 Å². The fraction of sp³-hybridized carbons (Fsp3) is 0.500. The molecule has 0 heterocycles. The summed E-state index contributed by atoms with van der Waals surface area (Å²) in [6.45, 7) is 2.08. The number of hydrogen-bond donors (Lipinski definition) is 1. The van der Waals surface area contributed by atoms with Gasteiger partial charge >= 0.3 is 0 Å². The van der Waals surface area contributed by atoms with Gasteiger partial charge in [0.25, 0.3) is 0 Å². The Morgan fingerprint density at radius 3 is 2.64 bits per heavy atom. The zero-order valence-electron chi connectivity index (χ0n) is 8.39. The summed E-state index contributed by atoms with van der Waals surface area (Å²) in [6, 6.07) is 5.82. The van der Waals surface area contributed by atoms with Gasteiger partial charge in [-0.15, -0.1) is 0 Å². The zero-order valence-corrected chi connectivity index (χ0v) is 9.14. The molecule has 1 fully saturated rings. The van der Waals surface area contributed by atoms with Gasteiger partial charge in [0.1, 0.15) is 0 Å². The molecule has 1 aliphatic carbocycles. The summed E-state index contributed by atoms with van der Waals surface area (Å²) >= 11 is 6.11. The minimum atomic E-state index is -0.587. The third kappa shape index (κ3) is 1.45. The van der Waals surface area contributed by atoms with Crippen molar-refractivity contribution >= 4 is 11.6 Å². The zero-order chi connectivity index (χ0) is 10.2. The lowest BCUT2D eigenvalue weighted by molar-refractivity contribution is -0.0394. The van der Waals surface area contributed by atoms with Crippen molar-refractivity contribution in [2.45, 2.75) is 38.2 Å². The Morgan fingerprint density at radius 2 is 2.14 bits per heavy atom. The monoisotopic (exact) mass is 210 g/mol. The molecule has 0 radical (unpaired) electrons. The summed E-state index contributed by atoms with van der Waals surface area (Å²) in [4.78, 5) is 0. The molecule has 0 unspecified atom stereocenters. The molecule has 76 valence electrons. The van der Waals surface area contributed by atoms with Crippen molar-refractivity contribution in [3.05, 3.63) is 34.3 Å². The molecule has 0 saturated heterocycles. The predicted molar refractivity (Wildman–Crippen MR) is 58.6 cm³/mol. The average molecular weight is 211 g/mol. The molecule has 0 atom stereocenters. The molecular weight excluding hydrogens is 196 g/mol. The normalized spacial score (nSPS) is 19.1. The van der Waals surface area contributed by atoms with Crippen LogP contribution in [0.25, 0.3) is 0 Å². The lowest BCUT2D eigenvalue weighted by atomic mass is 9.73. The fourth-order valence-electron chi connectivity index (χ4n) is 2.13. The average Bonchev–Trinajstić information content (AvgIpc) is 2.14. The maximum atomic E-state index is 10.3. The first-order valence-corrected chi connectivity index (χ1v) is 5.55. The summed E-state index contributed by atoms with van der Waals surface area (Å²) < 4.78 is 0. The van der Waals surface area contributed by atoms with Crippen LogP contribution in [0.5, 0.6) is 0 Å². The third-order valence-corrected chi connectivity index (χ3v) is 3.51. The number of benzene rings is 1. The maximum absolute atomic E-state index is 10.3. The van der Waals surface area contributed by atoms with E-state index < -0.39 is 5.60 Å². The molecule has 0 amide bonds. The summed E-state index contributed by atoms with van der Waals surface area (Å²) in [6.07, 6.45) is 3.75. The number of hydrogen-bond acceptors (Lipinski definition) is 1. The largest absolute Gasteiger partial charge is 0.385 e.